The molecular weight excluding hydrogens is 400 g/mol. The summed E-state index contributed by atoms with van der Waals surface area (Å²) in [6.07, 6.45) is 8.88. The Hall–Kier alpha value is -3.74. The third-order valence-electron chi connectivity index (χ3n) is 6.04. The van der Waals surface area contributed by atoms with Crippen molar-refractivity contribution in [3.8, 4) is 0 Å². The molecule has 1 fully saturated rings. The minimum Gasteiger partial charge on any atom is -0.355 e. The summed E-state index contributed by atoms with van der Waals surface area (Å²) in [5.41, 5.74) is 4.44. The van der Waals surface area contributed by atoms with E-state index in [1.165, 1.54) is 5.56 Å². The molecule has 0 bridgehead atoms. The largest absolute Gasteiger partial charge is 0.355 e. The van der Waals surface area contributed by atoms with Crippen molar-refractivity contribution in [1.29, 1.82) is 0 Å². The third-order valence-corrected chi connectivity index (χ3v) is 6.04. The van der Waals surface area contributed by atoms with Gasteiger partial charge in [-0.25, -0.2) is 9.97 Å². The molecule has 0 radical (unpaired) electrons. The van der Waals surface area contributed by atoms with Crippen molar-refractivity contribution < 1.29 is 4.79 Å². The van der Waals surface area contributed by atoms with Crippen molar-refractivity contribution in [1.82, 2.24) is 24.8 Å². The van der Waals surface area contributed by atoms with Gasteiger partial charge in [0.15, 0.2) is 0 Å². The van der Waals surface area contributed by atoms with Crippen molar-refractivity contribution in [2.24, 2.45) is 5.92 Å². The Morgan fingerprint density at radius 1 is 1.03 bits per heavy atom. The van der Waals surface area contributed by atoms with E-state index in [-0.39, 0.29) is 11.8 Å². The predicted octanol–water partition coefficient (Wildman–Crippen LogP) is 3.41. The number of benzene rings is 2. The average molecular weight is 427 g/mol. The van der Waals surface area contributed by atoms with Crippen molar-refractivity contribution in [2.75, 3.05) is 18.0 Å². The maximum absolute atomic E-state index is 12.8. The van der Waals surface area contributed by atoms with E-state index in [1.807, 2.05) is 24.5 Å². The van der Waals surface area contributed by atoms with Gasteiger partial charge in [0.1, 0.15) is 5.82 Å². The van der Waals surface area contributed by atoms with E-state index < -0.39 is 0 Å². The maximum atomic E-state index is 12.8. The lowest BCUT2D eigenvalue weighted by molar-refractivity contribution is -0.125. The molecule has 2 aromatic heterocycles. The van der Waals surface area contributed by atoms with Gasteiger partial charge in [0.25, 0.3) is 0 Å². The van der Waals surface area contributed by atoms with Crippen LogP contribution in [0.25, 0.3) is 11.0 Å². The second kappa shape index (κ2) is 9.18. The number of aromatic nitrogens is 4. The number of carbonyl (C=O) groups excluding carboxylic acids is 1. The van der Waals surface area contributed by atoms with Crippen molar-refractivity contribution in [3.05, 3.63) is 84.6 Å². The number of piperidine rings is 1. The number of imidazole rings is 1. The number of rotatable bonds is 6. The van der Waals surface area contributed by atoms with Crippen molar-refractivity contribution in [3.63, 3.8) is 0 Å². The molecule has 0 saturated carbocycles. The zero-order valence-corrected chi connectivity index (χ0v) is 17.9. The predicted molar refractivity (Wildman–Crippen MR) is 124 cm³/mol. The van der Waals surface area contributed by atoms with Gasteiger partial charge in [0, 0.05) is 38.6 Å². The Labute approximate surface area is 187 Å². The van der Waals surface area contributed by atoms with Crippen LogP contribution in [0.4, 0.5) is 5.82 Å². The number of fused-ring (bicyclic) bond motifs is 1. The van der Waals surface area contributed by atoms with Crippen LogP contribution in [0.3, 0.4) is 0 Å². The Morgan fingerprint density at radius 2 is 1.88 bits per heavy atom. The number of nitrogens with zero attached hydrogens (tertiary/aromatic N) is 5. The first-order valence-corrected chi connectivity index (χ1v) is 11.0. The SMILES string of the molecule is O=C(NCc1ccc(Cn2cnc3ccccc32)cc1)C1CCCN(c2cnccn2)C1. The molecule has 5 rings (SSSR count). The van der Waals surface area contributed by atoms with Gasteiger partial charge in [-0.05, 0) is 36.1 Å². The number of para-hydroxylation sites is 2. The molecule has 0 aliphatic carbocycles. The number of nitrogens with one attached hydrogen (secondary N) is 1. The summed E-state index contributed by atoms with van der Waals surface area (Å²) in [4.78, 5) is 27.9. The minimum absolute atomic E-state index is 0.0282. The molecule has 3 heterocycles. The lowest BCUT2D eigenvalue weighted by atomic mass is 9.97. The number of carbonyl (C=O) groups is 1. The summed E-state index contributed by atoms with van der Waals surface area (Å²) in [5, 5.41) is 3.11. The molecule has 7 nitrogen and oxygen atoms in total. The van der Waals surface area contributed by atoms with Crippen LogP contribution in [0, 0.1) is 5.92 Å². The highest BCUT2D eigenvalue weighted by molar-refractivity contribution is 5.79. The van der Waals surface area contributed by atoms with E-state index in [1.54, 1.807) is 18.6 Å². The van der Waals surface area contributed by atoms with Crippen molar-refractivity contribution >= 4 is 22.8 Å². The summed E-state index contributed by atoms with van der Waals surface area (Å²) in [7, 11) is 0. The zero-order valence-electron chi connectivity index (χ0n) is 17.9. The van der Waals surface area contributed by atoms with Gasteiger partial charge in [-0.1, -0.05) is 36.4 Å². The highest BCUT2D eigenvalue weighted by atomic mass is 16.1. The molecule has 1 unspecified atom stereocenters. The second-order valence-electron chi connectivity index (χ2n) is 8.24. The van der Waals surface area contributed by atoms with Gasteiger partial charge in [-0.3, -0.25) is 9.78 Å². The Bertz CT molecular complexity index is 1190. The molecule has 1 N–H and O–H groups in total. The van der Waals surface area contributed by atoms with E-state index >= 15 is 0 Å². The summed E-state index contributed by atoms with van der Waals surface area (Å²) < 4.78 is 2.15. The van der Waals surface area contributed by atoms with Crippen molar-refractivity contribution in [2.45, 2.75) is 25.9 Å². The van der Waals surface area contributed by atoms with Crippen LogP contribution in [0.1, 0.15) is 24.0 Å². The molecule has 7 heteroatoms. The average Bonchev–Trinajstić information content (AvgIpc) is 3.27. The quantitative estimate of drug-likeness (QED) is 0.511. The first kappa shape index (κ1) is 20.2. The van der Waals surface area contributed by atoms with Crippen LogP contribution in [0.15, 0.2) is 73.4 Å². The van der Waals surface area contributed by atoms with Crippen LogP contribution in [-0.4, -0.2) is 38.5 Å². The molecule has 162 valence electrons. The molecule has 0 spiro atoms. The molecule has 32 heavy (non-hydrogen) atoms. The fourth-order valence-corrected chi connectivity index (χ4v) is 4.28. The summed E-state index contributed by atoms with van der Waals surface area (Å²) in [5.74, 6) is 0.915. The monoisotopic (exact) mass is 426 g/mol. The number of amides is 1. The molecule has 1 aliphatic rings. The molecule has 2 aromatic carbocycles. The number of hydrogen-bond acceptors (Lipinski definition) is 5. The maximum Gasteiger partial charge on any atom is 0.225 e. The Morgan fingerprint density at radius 3 is 2.72 bits per heavy atom. The van der Waals surface area contributed by atoms with Gasteiger partial charge in [-0.2, -0.15) is 0 Å². The van der Waals surface area contributed by atoms with Gasteiger partial charge in [0.2, 0.25) is 5.91 Å². The topological polar surface area (TPSA) is 75.9 Å². The highest BCUT2D eigenvalue weighted by Crippen LogP contribution is 2.21. The van der Waals surface area contributed by atoms with Crippen LogP contribution >= 0.6 is 0 Å². The van der Waals surface area contributed by atoms with Crippen LogP contribution in [0.5, 0.6) is 0 Å². The summed E-state index contributed by atoms with van der Waals surface area (Å²) >= 11 is 0. The van der Waals surface area contributed by atoms with Gasteiger partial charge >= 0.3 is 0 Å². The standard InChI is InChI=1S/C25H26N6O/c32-25(21-4-3-13-30(17-21)24-15-26-11-12-27-24)28-14-19-7-9-20(10-8-19)16-31-18-29-22-5-1-2-6-23(22)31/h1-2,5-12,15,18,21H,3-4,13-14,16-17H2,(H,28,32). The van der Waals surface area contributed by atoms with Crippen LogP contribution in [-0.2, 0) is 17.9 Å². The Kier molecular flexibility index (Phi) is 5.79. The minimum atomic E-state index is -0.0282. The first-order chi connectivity index (χ1) is 15.8. The smallest absolute Gasteiger partial charge is 0.225 e. The molecule has 1 saturated heterocycles. The van der Waals surface area contributed by atoms with E-state index in [9.17, 15) is 4.79 Å². The lowest BCUT2D eigenvalue weighted by Gasteiger charge is -2.32. The molecule has 1 atom stereocenters. The van der Waals surface area contributed by atoms with E-state index in [0.717, 1.165) is 48.3 Å². The fraction of sp³-hybridized carbons (Fsp3) is 0.280. The molecule has 4 aromatic rings. The number of hydrogen-bond donors (Lipinski definition) is 1. The second-order valence-corrected chi connectivity index (χ2v) is 8.24. The summed E-state index contributed by atoms with van der Waals surface area (Å²) in [6.45, 7) is 2.90. The Balaban J connectivity index is 1.16. The molecular formula is C25H26N6O. The van der Waals surface area contributed by atoms with E-state index in [4.69, 9.17) is 0 Å². The fourth-order valence-electron chi connectivity index (χ4n) is 4.28. The molecule has 1 amide bonds. The van der Waals surface area contributed by atoms with E-state index in [0.29, 0.717) is 13.1 Å². The zero-order chi connectivity index (χ0) is 21.8. The summed E-state index contributed by atoms with van der Waals surface area (Å²) in [6, 6.07) is 16.6. The third kappa shape index (κ3) is 4.46. The van der Waals surface area contributed by atoms with Gasteiger partial charge in [0.05, 0.1) is 29.5 Å². The molecule has 1 aliphatic heterocycles. The van der Waals surface area contributed by atoms with Gasteiger partial charge in [-0.15, -0.1) is 0 Å². The van der Waals surface area contributed by atoms with Gasteiger partial charge < -0.3 is 14.8 Å². The van der Waals surface area contributed by atoms with Crippen LogP contribution in [0.2, 0.25) is 0 Å². The van der Waals surface area contributed by atoms with E-state index in [2.05, 4.69) is 60.1 Å². The first-order valence-electron chi connectivity index (χ1n) is 11.0. The lowest BCUT2D eigenvalue weighted by Crippen LogP contribution is -2.43. The van der Waals surface area contributed by atoms with Crippen LogP contribution < -0.4 is 10.2 Å². The normalized spacial score (nSPS) is 16.2. The highest BCUT2D eigenvalue weighted by Gasteiger charge is 2.26. The number of anilines is 1.